The summed E-state index contributed by atoms with van der Waals surface area (Å²) in [6, 6.07) is 0. The molecule has 0 fully saturated rings. The third-order valence-corrected chi connectivity index (χ3v) is 7.72. The largest absolute Gasteiger partial charge is 0.282 e. The summed E-state index contributed by atoms with van der Waals surface area (Å²) in [7, 11) is 0. The van der Waals surface area contributed by atoms with Crippen LogP contribution in [0, 0.1) is 0 Å². The molecule has 7 heteroatoms. The smallest absolute Gasteiger partial charge is 0.214 e. The van der Waals surface area contributed by atoms with Crippen LogP contribution >= 0.6 is 47.0 Å². The Morgan fingerprint density at radius 3 is 1.75 bits per heavy atom. The molecule has 3 nitrogen and oxygen atoms in total. The molecule has 0 bridgehead atoms. The molecule has 24 heavy (non-hydrogen) atoms. The lowest BCUT2D eigenvalue weighted by atomic mass is 10.4. The van der Waals surface area contributed by atoms with Crippen LogP contribution in [0.15, 0.2) is 36.5 Å². The predicted molar refractivity (Wildman–Crippen MR) is 113 cm³/mol. The average molecular weight is 405 g/mol. The maximum atomic E-state index is 11.9. The van der Waals surface area contributed by atoms with Gasteiger partial charge in [0, 0.05) is 28.3 Å². The molecule has 1 unspecified atom stereocenters. The molecular formula is C17H24O3S4. The molecule has 0 aromatic rings. The van der Waals surface area contributed by atoms with Crippen LogP contribution in [0.25, 0.3) is 0 Å². The molecular weight excluding hydrogens is 380 g/mol. The van der Waals surface area contributed by atoms with Gasteiger partial charge in [-0.15, -0.1) is 0 Å². The SMILES string of the molecule is C=C(C)C(=O)SCCSCC(CSC(=O)C(=C)C)SC(=O)C(=C)C. The van der Waals surface area contributed by atoms with Gasteiger partial charge in [0.15, 0.2) is 0 Å². The minimum absolute atomic E-state index is 0.0154. The van der Waals surface area contributed by atoms with Crippen LogP contribution in [-0.4, -0.2) is 43.6 Å². The maximum Gasteiger partial charge on any atom is 0.214 e. The van der Waals surface area contributed by atoms with Crippen molar-refractivity contribution in [2.45, 2.75) is 26.0 Å². The average Bonchev–Trinajstić information content (AvgIpc) is 2.50. The molecule has 0 radical (unpaired) electrons. The molecule has 0 amide bonds. The van der Waals surface area contributed by atoms with Gasteiger partial charge in [-0.05, 0) is 37.5 Å². The molecule has 0 aromatic carbocycles. The Balaban J connectivity index is 4.33. The van der Waals surface area contributed by atoms with Gasteiger partial charge >= 0.3 is 0 Å². The van der Waals surface area contributed by atoms with E-state index in [1.807, 2.05) is 0 Å². The maximum absolute atomic E-state index is 11.9. The molecule has 134 valence electrons. The van der Waals surface area contributed by atoms with E-state index in [9.17, 15) is 14.4 Å². The van der Waals surface area contributed by atoms with E-state index in [1.54, 1.807) is 32.5 Å². The second-order valence-corrected chi connectivity index (χ2v) is 9.66. The van der Waals surface area contributed by atoms with E-state index in [4.69, 9.17) is 0 Å². The Hall–Kier alpha value is -0.370. The van der Waals surface area contributed by atoms with Crippen LogP contribution < -0.4 is 0 Å². The van der Waals surface area contributed by atoms with Crippen molar-refractivity contribution in [1.82, 2.24) is 0 Å². The lowest BCUT2D eigenvalue weighted by molar-refractivity contribution is -0.108. The van der Waals surface area contributed by atoms with Gasteiger partial charge in [0.25, 0.3) is 0 Å². The Kier molecular flexibility index (Phi) is 12.7. The molecule has 0 saturated heterocycles. The van der Waals surface area contributed by atoms with E-state index in [0.29, 0.717) is 28.2 Å². The van der Waals surface area contributed by atoms with Crippen molar-refractivity contribution >= 4 is 62.4 Å². The van der Waals surface area contributed by atoms with Crippen molar-refractivity contribution in [3.63, 3.8) is 0 Å². The van der Waals surface area contributed by atoms with Gasteiger partial charge in [0.2, 0.25) is 15.3 Å². The van der Waals surface area contributed by atoms with Gasteiger partial charge in [-0.2, -0.15) is 11.8 Å². The summed E-state index contributed by atoms with van der Waals surface area (Å²) in [6.45, 7) is 16.0. The molecule has 0 saturated carbocycles. The first kappa shape index (κ1) is 23.6. The number of thioether (sulfide) groups is 4. The van der Waals surface area contributed by atoms with Crippen molar-refractivity contribution in [3.8, 4) is 0 Å². The Labute approximate surface area is 161 Å². The molecule has 0 aliphatic rings. The first-order valence-corrected chi connectivity index (χ1v) is 11.2. The minimum Gasteiger partial charge on any atom is -0.282 e. The highest BCUT2D eigenvalue weighted by molar-refractivity contribution is 8.18. The number of hydrogen-bond acceptors (Lipinski definition) is 7. The van der Waals surface area contributed by atoms with E-state index in [1.165, 1.54) is 35.3 Å². The van der Waals surface area contributed by atoms with Crippen molar-refractivity contribution in [2.24, 2.45) is 0 Å². The molecule has 0 heterocycles. The Bertz CT molecular complexity index is 526. The molecule has 0 N–H and O–H groups in total. The van der Waals surface area contributed by atoms with Gasteiger partial charge in [-0.1, -0.05) is 55.0 Å². The zero-order valence-corrected chi connectivity index (χ0v) is 17.7. The topological polar surface area (TPSA) is 51.2 Å². The third-order valence-electron chi connectivity index (χ3n) is 2.48. The summed E-state index contributed by atoms with van der Waals surface area (Å²) in [5, 5.41) is -0.0530. The van der Waals surface area contributed by atoms with Crippen LogP contribution in [0.2, 0.25) is 0 Å². The summed E-state index contributed by atoms with van der Waals surface area (Å²) in [6.07, 6.45) is 0. The highest BCUT2D eigenvalue weighted by Crippen LogP contribution is 2.25. The Morgan fingerprint density at radius 1 is 0.750 bits per heavy atom. The molecule has 0 spiro atoms. The number of hydrogen-bond donors (Lipinski definition) is 0. The van der Waals surface area contributed by atoms with Gasteiger partial charge < -0.3 is 0 Å². The van der Waals surface area contributed by atoms with E-state index >= 15 is 0 Å². The second-order valence-electron chi connectivity index (χ2n) is 5.18. The summed E-state index contributed by atoms with van der Waals surface area (Å²) >= 11 is 5.35. The summed E-state index contributed by atoms with van der Waals surface area (Å²) in [5.41, 5.74) is 1.58. The first-order valence-electron chi connectivity index (χ1n) is 7.24. The standard InChI is InChI=1S/C17H24O3S4/c1-11(2)15(18)22-8-7-21-9-14(24-17(20)13(5)6)10-23-16(19)12(3)4/h14H,1,3,5,7-10H2,2,4,6H3. The molecule has 0 rings (SSSR count). The van der Waals surface area contributed by atoms with Crippen LogP contribution in [0.1, 0.15) is 20.8 Å². The predicted octanol–water partition coefficient (Wildman–Crippen LogP) is 4.60. The van der Waals surface area contributed by atoms with Crippen molar-refractivity contribution < 1.29 is 14.4 Å². The van der Waals surface area contributed by atoms with E-state index in [-0.39, 0.29) is 20.6 Å². The summed E-state index contributed by atoms with van der Waals surface area (Å²) in [4.78, 5) is 35.0. The van der Waals surface area contributed by atoms with Gasteiger partial charge in [-0.25, -0.2) is 0 Å². The highest BCUT2D eigenvalue weighted by atomic mass is 32.2. The highest BCUT2D eigenvalue weighted by Gasteiger charge is 2.18. The minimum atomic E-state index is -0.0455. The zero-order valence-electron chi connectivity index (χ0n) is 14.4. The first-order chi connectivity index (χ1) is 11.1. The van der Waals surface area contributed by atoms with Crippen LogP contribution in [-0.2, 0) is 14.4 Å². The molecule has 1 atom stereocenters. The normalized spacial score (nSPS) is 11.6. The summed E-state index contributed by atoms with van der Waals surface area (Å²) in [5.74, 6) is 2.81. The number of carbonyl (C=O) groups excluding carboxylic acids is 3. The fourth-order valence-electron chi connectivity index (χ4n) is 1.19. The lowest BCUT2D eigenvalue weighted by Crippen LogP contribution is -2.15. The number of rotatable bonds is 11. The van der Waals surface area contributed by atoms with Gasteiger partial charge in [0.1, 0.15) is 0 Å². The van der Waals surface area contributed by atoms with E-state index in [2.05, 4.69) is 19.7 Å². The van der Waals surface area contributed by atoms with Gasteiger partial charge in [0.05, 0.1) is 0 Å². The van der Waals surface area contributed by atoms with Crippen molar-refractivity contribution in [1.29, 1.82) is 0 Å². The Morgan fingerprint density at radius 2 is 1.25 bits per heavy atom. The fourth-order valence-corrected chi connectivity index (χ4v) is 5.37. The monoisotopic (exact) mass is 404 g/mol. The van der Waals surface area contributed by atoms with E-state index in [0.717, 1.165) is 11.5 Å². The molecule has 0 aliphatic carbocycles. The number of carbonyl (C=O) groups is 3. The van der Waals surface area contributed by atoms with Crippen molar-refractivity contribution in [2.75, 3.05) is 23.0 Å². The van der Waals surface area contributed by atoms with Gasteiger partial charge in [-0.3, -0.25) is 14.4 Å². The lowest BCUT2D eigenvalue weighted by Gasteiger charge is -2.14. The fraction of sp³-hybridized carbons (Fsp3) is 0.471. The molecule has 0 aromatic heterocycles. The second kappa shape index (κ2) is 12.9. The van der Waals surface area contributed by atoms with Crippen LogP contribution in [0.5, 0.6) is 0 Å². The van der Waals surface area contributed by atoms with Crippen molar-refractivity contribution in [3.05, 3.63) is 36.5 Å². The quantitative estimate of drug-likeness (QED) is 0.368. The summed E-state index contributed by atoms with van der Waals surface area (Å²) < 4.78 is 0. The van der Waals surface area contributed by atoms with Crippen LogP contribution in [0.3, 0.4) is 0 Å². The van der Waals surface area contributed by atoms with E-state index < -0.39 is 0 Å². The zero-order chi connectivity index (χ0) is 18.7. The third kappa shape index (κ3) is 11.2. The molecule has 0 aliphatic heterocycles. The van der Waals surface area contributed by atoms with Crippen LogP contribution in [0.4, 0.5) is 0 Å².